The van der Waals surface area contributed by atoms with Crippen LogP contribution in [-0.2, 0) is 12.8 Å². The topological polar surface area (TPSA) is 26.3 Å². The Morgan fingerprint density at radius 2 is 0.750 bits per heavy atom. The molecule has 0 aliphatic heterocycles. The van der Waals surface area contributed by atoms with Crippen LogP contribution in [0.5, 0.6) is 0 Å². The van der Waals surface area contributed by atoms with E-state index in [2.05, 4.69) is 137 Å². The first-order valence-electron chi connectivity index (χ1n) is 21.8. The first-order valence-corrected chi connectivity index (χ1v) is 25.1. The van der Waals surface area contributed by atoms with E-state index in [0.717, 1.165) is 35.5 Å². The van der Waals surface area contributed by atoms with Crippen molar-refractivity contribution >= 4 is 88.8 Å². The monoisotopic (exact) mass is 858 g/mol. The highest BCUT2D eigenvalue weighted by atomic mass is 32.1. The summed E-state index contributed by atoms with van der Waals surface area (Å²) < 4.78 is 13.3. The molecule has 6 heterocycles. The Hall–Kier alpha value is -4.72. The SMILES string of the molecule is CCCCCCc1cc(-c2cc(CCCCCC)c(-c3sc(-c4oc5ccccc5c4C)c4ccccc34)s2)sc1-c1sc(-c2oc3ccccc3c2C)c2ccccc12. The molecule has 0 aliphatic carbocycles. The molecule has 6 heteroatoms. The Bertz CT molecular complexity index is 2910. The smallest absolute Gasteiger partial charge is 0.148 e. The van der Waals surface area contributed by atoms with E-state index in [1.54, 1.807) is 0 Å². The van der Waals surface area contributed by atoms with Gasteiger partial charge in [0.25, 0.3) is 0 Å². The highest BCUT2D eigenvalue weighted by Crippen LogP contribution is 2.54. The van der Waals surface area contributed by atoms with E-state index in [-0.39, 0.29) is 0 Å². The van der Waals surface area contributed by atoms with Gasteiger partial charge in [-0.1, -0.05) is 137 Å². The second kappa shape index (κ2) is 17.0. The highest BCUT2D eigenvalue weighted by Gasteiger charge is 2.26. The Morgan fingerprint density at radius 1 is 0.383 bits per heavy atom. The van der Waals surface area contributed by atoms with Gasteiger partial charge in [0.15, 0.2) is 0 Å². The van der Waals surface area contributed by atoms with Crippen molar-refractivity contribution in [3.8, 4) is 50.5 Å². The van der Waals surface area contributed by atoms with Gasteiger partial charge in [-0.15, -0.1) is 45.3 Å². The summed E-state index contributed by atoms with van der Waals surface area (Å²) in [5.41, 5.74) is 7.30. The summed E-state index contributed by atoms with van der Waals surface area (Å²) in [6.07, 6.45) is 12.2. The van der Waals surface area contributed by atoms with E-state index in [1.807, 2.05) is 45.3 Å². The molecular formula is C54H50O2S4. The molecule has 60 heavy (non-hydrogen) atoms. The first-order chi connectivity index (χ1) is 29.5. The summed E-state index contributed by atoms with van der Waals surface area (Å²) in [5.74, 6) is 2.00. The highest BCUT2D eigenvalue weighted by molar-refractivity contribution is 7.30. The fourth-order valence-electron chi connectivity index (χ4n) is 8.98. The van der Waals surface area contributed by atoms with Crippen LogP contribution in [0.25, 0.3) is 94.0 Å². The van der Waals surface area contributed by atoms with Crippen molar-refractivity contribution in [1.82, 2.24) is 0 Å². The minimum absolute atomic E-state index is 0.955. The molecule has 0 atom stereocenters. The molecule has 0 fully saturated rings. The Morgan fingerprint density at radius 3 is 1.13 bits per heavy atom. The lowest BCUT2D eigenvalue weighted by Crippen LogP contribution is -1.86. The number of aryl methyl sites for hydroxylation is 4. The van der Waals surface area contributed by atoms with Crippen molar-refractivity contribution < 1.29 is 8.83 Å². The summed E-state index contributed by atoms with van der Waals surface area (Å²) in [6, 6.07) is 40.0. The quantitative estimate of drug-likeness (QED) is 0.0960. The molecule has 4 aromatic carbocycles. The van der Waals surface area contributed by atoms with Crippen LogP contribution in [0.3, 0.4) is 0 Å². The summed E-state index contributed by atoms with van der Waals surface area (Å²) in [7, 11) is 0. The summed E-state index contributed by atoms with van der Waals surface area (Å²) in [4.78, 5) is 10.8. The average molecular weight is 859 g/mol. The van der Waals surface area contributed by atoms with E-state index < -0.39 is 0 Å². The molecule has 10 rings (SSSR count). The molecule has 302 valence electrons. The van der Waals surface area contributed by atoms with Crippen LogP contribution in [-0.4, -0.2) is 0 Å². The van der Waals surface area contributed by atoms with Gasteiger partial charge in [0.05, 0.1) is 19.5 Å². The summed E-state index contributed by atoms with van der Waals surface area (Å²) in [6.45, 7) is 9.03. The molecule has 0 bridgehead atoms. The molecule has 10 aromatic rings. The fraction of sp³-hybridized carbons (Fsp3) is 0.259. The first kappa shape index (κ1) is 39.4. The van der Waals surface area contributed by atoms with E-state index in [1.165, 1.54) is 145 Å². The lowest BCUT2D eigenvalue weighted by atomic mass is 10.0. The molecule has 0 aliphatic rings. The molecule has 0 radical (unpaired) electrons. The number of furan rings is 2. The maximum atomic E-state index is 6.64. The zero-order chi connectivity index (χ0) is 40.7. The van der Waals surface area contributed by atoms with Crippen LogP contribution in [0.4, 0.5) is 0 Å². The predicted molar refractivity (Wildman–Crippen MR) is 265 cm³/mol. The van der Waals surface area contributed by atoms with Crippen LogP contribution in [0.1, 0.15) is 87.5 Å². The maximum Gasteiger partial charge on any atom is 0.148 e. The molecule has 0 unspecified atom stereocenters. The van der Waals surface area contributed by atoms with Crippen LogP contribution >= 0.6 is 45.3 Å². The average Bonchev–Trinajstić information content (AvgIpc) is 4.14. The number of thiophene rings is 4. The Balaban J connectivity index is 1.12. The van der Waals surface area contributed by atoms with Crippen LogP contribution in [0.2, 0.25) is 0 Å². The normalized spacial score (nSPS) is 12.0. The van der Waals surface area contributed by atoms with Crippen molar-refractivity contribution in [2.45, 2.75) is 91.9 Å². The van der Waals surface area contributed by atoms with Gasteiger partial charge >= 0.3 is 0 Å². The minimum Gasteiger partial charge on any atom is -0.455 e. The van der Waals surface area contributed by atoms with Gasteiger partial charge in [-0.2, -0.15) is 0 Å². The minimum atomic E-state index is 0.955. The Labute approximate surface area is 369 Å². The fourth-order valence-corrected chi connectivity index (χ4v) is 14.5. The van der Waals surface area contributed by atoms with Gasteiger partial charge in [0.2, 0.25) is 0 Å². The molecular weight excluding hydrogens is 809 g/mol. The summed E-state index contributed by atoms with van der Waals surface area (Å²) >= 11 is 7.83. The zero-order valence-corrected chi connectivity index (χ0v) is 38.2. The number of unbranched alkanes of at least 4 members (excludes halogenated alkanes) is 6. The second-order valence-electron chi connectivity index (χ2n) is 16.3. The largest absolute Gasteiger partial charge is 0.455 e. The third kappa shape index (κ3) is 7.09. The van der Waals surface area contributed by atoms with Crippen LogP contribution in [0.15, 0.2) is 118 Å². The number of para-hydroxylation sites is 2. The van der Waals surface area contributed by atoms with Gasteiger partial charge in [0, 0.05) is 63.0 Å². The lowest BCUT2D eigenvalue weighted by molar-refractivity contribution is 0.631. The predicted octanol–water partition coefficient (Wildman–Crippen LogP) is 18.9. The van der Waals surface area contributed by atoms with E-state index in [9.17, 15) is 0 Å². The van der Waals surface area contributed by atoms with Gasteiger partial charge in [-0.25, -0.2) is 0 Å². The van der Waals surface area contributed by atoms with Crippen LogP contribution < -0.4 is 0 Å². The van der Waals surface area contributed by atoms with Crippen molar-refractivity contribution in [2.75, 3.05) is 0 Å². The molecule has 0 saturated heterocycles. The van der Waals surface area contributed by atoms with Crippen molar-refractivity contribution in [1.29, 1.82) is 0 Å². The number of hydrogen-bond acceptors (Lipinski definition) is 6. The maximum absolute atomic E-state index is 6.64. The van der Waals surface area contributed by atoms with Gasteiger partial charge in [-0.3, -0.25) is 0 Å². The molecule has 6 aromatic heterocycles. The summed E-state index contributed by atoms with van der Waals surface area (Å²) in [5, 5.41) is 7.58. The number of benzene rings is 4. The number of rotatable bonds is 15. The molecule has 0 saturated carbocycles. The number of fused-ring (bicyclic) bond motifs is 4. The van der Waals surface area contributed by atoms with Gasteiger partial charge in [-0.05, 0) is 74.9 Å². The van der Waals surface area contributed by atoms with Crippen molar-refractivity contribution in [3.63, 3.8) is 0 Å². The van der Waals surface area contributed by atoms with Crippen molar-refractivity contribution in [3.05, 3.63) is 131 Å². The molecule has 2 nitrogen and oxygen atoms in total. The number of hydrogen-bond donors (Lipinski definition) is 0. The third-order valence-electron chi connectivity index (χ3n) is 12.2. The molecule has 0 spiro atoms. The zero-order valence-electron chi connectivity index (χ0n) is 34.9. The van der Waals surface area contributed by atoms with Crippen molar-refractivity contribution in [2.24, 2.45) is 0 Å². The van der Waals surface area contributed by atoms with E-state index in [4.69, 9.17) is 8.83 Å². The van der Waals surface area contributed by atoms with Crippen LogP contribution in [0, 0.1) is 13.8 Å². The van der Waals surface area contributed by atoms with E-state index in [0.29, 0.717) is 0 Å². The standard InChI is InChI=1S/C54H50O2S4/c1-5-7-9-11-21-35-31-45(57-49(35)53-41-27-15-13-25-39(41)51(59-53)47-33(3)37-23-17-19-29-43(37)55-47)46-32-36(22-12-10-8-6-2)50(58-46)54-42-28-16-14-26-40(42)52(60-54)48-34(4)38-24-18-20-30-44(38)56-48/h13-20,23-32H,5-12,21-22H2,1-4H3. The Kier molecular flexibility index (Phi) is 11.2. The van der Waals surface area contributed by atoms with Gasteiger partial charge in [0.1, 0.15) is 22.7 Å². The molecule has 0 amide bonds. The van der Waals surface area contributed by atoms with E-state index >= 15 is 0 Å². The second-order valence-corrected chi connectivity index (χ2v) is 20.4. The van der Waals surface area contributed by atoms with Gasteiger partial charge < -0.3 is 8.83 Å². The third-order valence-corrected chi connectivity index (χ3v) is 17.5. The lowest BCUT2D eigenvalue weighted by Gasteiger charge is -2.03. The molecule has 0 N–H and O–H groups in total.